The number of halogens is 3. The average Bonchev–Trinajstić information content (AvgIpc) is 2.68. The fourth-order valence-electron chi connectivity index (χ4n) is 2.78. The molecule has 0 bridgehead atoms. The summed E-state index contributed by atoms with van der Waals surface area (Å²) in [5, 5.41) is 0. The fraction of sp³-hybridized carbons (Fsp3) is 0.222. The minimum absolute atomic E-state index is 0. The van der Waals surface area contributed by atoms with Gasteiger partial charge in [0.25, 0.3) is 0 Å². The largest absolute Gasteiger partial charge is 0.416 e. The van der Waals surface area contributed by atoms with Crippen LogP contribution in [-0.2, 0) is 32.4 Å². The van der Waals surface area contributed by atoms with Crippen molar-refractivity contribution in [1.29, 1.82) is 0 Å². The molecule has 0 saturated carbocycles. The van der Waals surface area contributed by atoms with Crippen molar-refractivity contribution in [3.05, 3.63) is 82.5 Å². The van der Waals surface area contributed by atoms with E-state index in [-0.39, 0.29) is 32.1 Å². The van der Waals surface area contributed by atoms with Gasteiger partial charge < -0.3 is 0 Å². The molecule has 2 aliphatic rings. The van der Waals surface area contributed by atoms with Crippen molar-refractivity contribution in [1.82, 2.24) is 0 Å². The van der Waals surface area contributed by atoms with Crippen LogP contribution in [0.4, 0.5) is 13.2 Å². The minimum Gasteiger partial charge on any atom is -0.169 e. The van der Waals surface area contributed by atoms with Gasteiger partial charge in [0.1, 0.15) is 0 Å². The first kappa shape index (κ1) is 17.2. The summed E-state index contributed by atoms with van der Waals surface area (Å²) in [6, 6.07) is 5.48. The van der Waals surface area contributed by atoms with Crippen molar-refractivity contribution in [3.63, 3.8) is 0 Å². The van der Waals surface area contributed by atoms with Gasteiger partial charge in [0.15, 0.2) is 0 Å². The van der Waals surface area contributed by atoms with Gasteiger partial charge in [-0.15, -0.1) is 23.8 Å². The van der Waals surface area contributed by atoms with Crippen molar-refractivity contribution in [2.24, 2.45) is 0 Å². The third-order valence-electron chi connectivity index (χ3n) is 3.80. The van der Waals surface area contributed by atoms with E-state index < -0.39 is 11.7 Å². The number of hydrogen-bond donors (Lipinski definition) is 0. The zero-order valence-electron chi connectivity index (χ0n) is 12.0. The molecule has 0 aliphatic heterocycles. The number of alkyl halides is 3. The Morgan fingerprint density at radius 1 is 1.14 bits per heavy atom. The van der Waals surface area contributed by atoms with Crippen LogP contribution in [0.3, 0.4) is 0 Å². The van der Waals surface area contributed by atoms with Crippen LogP contribution in [-0.4, -0.2) is 0 Å². The van der Waals surface area contributed by atoms with Crippen molar-refractivity contribution in [2.75, 3.05) is 0 Å². The molecule has 22 heavy (non-hydrogen) atoms. The molecule has 1 unspecified atom stereocenters. The minimum atomic E-state index is -4.29. The quantitative estimate of drug-likeness (QED) is 0.577. The van der Waals surface area contributed by atoms with E-state index in [2.05, 4.69) is 12.2 Å². The first-order chi connectivity index (χ1) is 9.95. The summed E-state index contributed by atoms with van der Waals surface area (Å²) in [6.07, 6.45) is 7.89. The van der Waals surface area contributed by atoms with Crippen molar-refractivity contribution in [2.45, 2.75) is 25.4 Å². The van der Waals surface area contributed by atoms with Gasteiger partial charge in [0, 0.05) is 26.2 Å². The number of hydrogen-bond acceptors (Lipinski definition) is 0. The van der Waals surface area contributed by atoms with Crippen molar-refractivity contribution < 1.29 is 39.4 Å². The molecule has 0 radical (unpaired) electrons. The molecule has 0 fully saturated rings. The molecule has 4 heteroatoms. The van der Waals surface area contributed by atoms with Crippen LogP contribution < -0.4 is 0 Å². The first-order valence-electron chi connectivity index (χ1n) is 6.81. The van der Waals surface area contributed by atoms with Crippen LogP contribution in [0.2, 0.25) is 0 Å². The molecule has 0 amide bonds. The fourth-order valence-corrected chi connectivity index (χ4v) is 2.78. The molecule has 1 aromatic carbocycles. The Bertz CT molecular complexity index is 673. The predicted molar refractivity (Wildman–Crippen MR) is 76.5 cm³/mol. The Kier molecular flexibility index (Phi) is 5.11. The van der Waals surface area contributed by atoms with Gasteiger partial charge >= 0.3 is 6.18 Å². The monoisotopic (exact) mass is 377 g/mol. The summed E-state index contributed by atoms with van der Waals surface area (Å²) >= 11 is 0. The van der Waals surface area contributed by atoms with Crippen molar-refractivity contribution >= 4 is 0 Å². The smallest absolute Gasteiger partial charge is 0.169 e. The van der Waals surface area contributed by atoms with E-state index in [0.717, 1.165) is 40.8 Å². The molecule has 0 saturated heterocycles. The zero-order chi connectivity index (χ0) is 15.0. The van der Waals surface area contributed by atoms with E-state index >= 15 is 0 Å². The normalized spacial score (nSPS) is 20.4. The van der Waals surface area contributed by atoms with Gasteiger partial charge in [0.2, 0.25) is 0 Å². The maximum atomic E-state index is 12.6. The standard InChI is InChI=1S/C18H14F3.Zr/c1-12-10-14-4-2-3-5-16(17(14)11-12)13-6-8-15(9-7-13)18(19,20)21;/h2-4,6-9,11,16H,5H2,1H3;/q-1;. The van der Waals surface area contributed by atoms with E-state index in [9.17, 15) is 13.2 Å². The van der Waals surface area contributed by atoms with Crippen LogP contribution in [0, 0.1) is 6.08 Å². The maximum absolute atomic E-state index is 12.6. The number of benzene rings is 1. The summed E-state index contributed by atoms with van der Waals surface area (Å²) in [6.45, 7) is 1.98. The molecule has 1 atom stereocenters. The molecule has 0 heterocycles. The third kappa shape index (κ3) is 3.43. The second-order valence-electron chi connectivity index (χ2n) is 5.32. The average molecular weight is 379 g/mol. The molecular formula is C18H14F3Zr-. The Morgan fingerprint density at radius 2 is 1.82 bits per heavy atom. The van der Waals surface area contributed by atoms with Gasteiger partial charge in [-0.1, -0.05) is 25.1 Å². The summed E-state index contributed by atoms with van der Waals surface area (Å²) in [4.78, 5) is 0. The van der Waals surface area contributed by atoms with Crippen LogP contribution in [0.5, 0.6) is 0 Å². The number of fused-ring (bicyclic) bond motifs is 1. The second-order valence-corrected chi connectivity index (χ2v) is 5.32. The summed E-state index contributed by atoms with van der Waals surface area (Å²) < 4.78 is 37.9. The molecule has 3 rings (SSSR count). The second kappa shape index (κ2) is 6.54. The van der Waals surface area contributed by atoms with Gasteiger partial charge in [0.05, 0.1) is 5.56 Å². The van der Waals surface area contributed by atoms with Crippen molar-refractivity contribution in [3.8, 4) is 0 Å². The maximum Gasteiger partial charge on any atom is 0.416 e. The van der Waals surface area contributed by atoms with Crippen LogP contribution >= 0.6 is 0 Å². The van der Waals surface area contributed by atoms with Crippen LogP contribution in [0.15, 0.2) is 65.3 Å². The molecule has 0 N–H and O–H groups in total. The molecule has 0 aromatic heterocycles. The van der Waals surface area contributed by atoms with E-state index in [1.54, 1.807) is 12.1 Å². The Hall–Kier alpha value is -1.15. The molecule has 0 nitrogen and oxygen atoms in total. The Labute approximate surface area is 147 Å². The van der Waals surface area contributed by atoms with Gasteiger partial charge in [-0.05, 0) is 30.0 Å². The Morgan fingerprint density at radius 3 is 2.45 bits per heavy atom. The summed E-state index contributed by atoms with van der Waals surface area (Å²) in [7, 11) is 0. The van der Waals surface area contributed by atoms with Crippen LogP contribution in [0.25, 0.3) is 0 Å². The first-order valence-corrected chi connectivity index (χ1v) is 6.81. The van der Waals surface area contributed by atoms with Gasteiger partial charge in [-0.25, -0.2) is 0 Å². The number of allylic oxidation sites excluding steroid dienone is 8. The van der Waals surface area contributed by atoms with E-state index in [4.69, 9.17) is 0 Å². The molecule has 1 aromatic rings. The van der Waals surface area contributed by atoms with Gasteiger partial charge in [-0.2, -0.15) is 30.4 Å². The zero-order valence-corrected chi connectivity index (χ0v) is 14.5. The third-order valence-corrected chi connectivity index (χ3v) is 3.80. The SMILES string of the molecule is CC1=[C-]C2=CC=CCC(c3ccc(C(F)(F)F)cc3)C2=C1.[Zr]. The Balaban J connectivity index is 0.00000176. The molecule has 0 spiro atoms. The summed E-state index contributed by atoms with van der Waals surface area (Å²) in [5.41, 5.74) is 3.53. The molecule has 112 valence electrons. The van der Waals surface area contributed by atoms with Gasteiger partial charge in [-0.3, -0.25) is 0 Å². The summed E-state index contributed by atoms with van der Waals surface area (Å²) in [5.74, 6) is 0.0854. The van der Waals surface area contributed by atoms with Crippen LogP contribution in [0.1, 0.15) is 30.4 Å². The van der Waals surface area contributed by atoms with E-state index in [0.29, 0.717) is 0 Å². The topological polar surface area (TPSA) is 0 Å². The molecular weight excluding hydrogens is 364 g/mol. The predicted octanol–water partition coefficient (Wildman–Crippen LogP) is 5.36. The van der Waals surface area contributed by atoms with E-state index in [1.165, 1.54) is 0 Å². The van der Waals surface area contributed by atoms with E-state index in [1.807, 2.05) is 25.2 Å². The molecule has 2 aliphatic carbocycles. The number of rotatable bonds is 1.